The van der Waals surface area contributed by atoms with Crippen molar-refractivity contribution in [3.8, 4) is 11.8 Å². The molecule has 0 heterocycles. The first-order valence-electron chi connectivity index (χ1n) is 9.48. The average Bonchev–Trinajstić information content (AvgIpc) is 2.99. The second-order valence-electron chi connectivity index (χ2n) is 7.52. The Balaban J connectivity index is 1.95. The van der Waals surface area contributed by atoms with Crippen LogP contribution in [-0.4, -0.2) is 0 Å². The van der Waals surface area contributed by atoms with Gasteiger partial charge in [-0.2, -0.15) is 0 Å². The Bertz CT molecular complexity index is 1070. The molecule has 1 atom stereocenters. The summed E-state index contributed by atoms with van der Waals surface area (Å²) in [6, 6.07) is 27.8. The predicted octanol–water partition coefficient (Wildman–Crippen LogP) is 5.41. The summed E-state index contributed by atoms with van der Waals surface area (Å²) in [5, 5.41) is 0. The summed E-state index contributed by atoms with van der Waals surface area (Å²) in [5.41, 5.74) is 14.3. The number of benzene rings is 3. The smallest absolute Gasteiger partial charge is 0.0790 e. The number of allylic oxidation sites excluding steroid dienone is 2. The van der Waals surface area contributed by atoms with E-state index in [1.54, 1.807) is 0 Å². The standard InChI is InChI=1S/C26H21N/c1-18-12-15-24-23(16-18)22-14-13-21(27)17-25(22)26(24,19-8-4-2-5-9-19)20-10-6-3-7-11-20/h2-11,13-14,17-18H,16,27H2,1H3. The van der Waals surface area contributed by atoms with Gasteiger partial charge in [-0.3, -0.25) is 0 Å². The maximum absolute atomic E-state index is 6.27. The summed E-state index contributed by atoms with van der Waals surface area (Å²) in [6.07, 6.45) is 0.987. The molecule has 27 heavy (non-hydrogen) atoms. The summed E-state index contributed by atoms with van der Waals surface area (Å²) in [5.74, 6) is 7.40. The Hall–Kier alpha value is -3.24. The highest BCUT2D eigenvalue weighted by Gasteiger charge is 2.48. The van der Waals surface area contributed by atoms with E-state index in [4.69, 9.17) is 5.73 Å². The maximum Gasteiger partial charge on any atom is 0.0790 e. The van der Waals surface area contributed by atoms with Gasteiger partial charge in [0.15, 0.2) is 0 Å². The number of fused-ring (bicyclic) bond motifs is 2. The maximum atomic E-state index is 6.27. The van der Waals surface area contributed by atoms with Gasteiger partial charge in [-0.25, -0.2) is 0 Å². The van der Waals surface area contributed by atoms with Gasteiger partial charge in [-0.1, -0.05) is 85.5 Å². The molecular formula is C26H21N. The van der Waals surface area contributed by atoms with Crippen molar-refractivity contribution in [1.29, 1.82) is 0 Å². The molecule has 0 amide bonds. The van der Waals surface area contributed by atoms with E-state index < -0.39 is 5.41 Å². The Kier molecular flexibility index (Phi) is 3.49. The molecule has 2 N–H and O–H groups in total. The molecule has 1 nitrogen and oxygen atoms in total. The summed E-state index contributed by atoms with van der Waals surface area (Å²) in [7, 11) is 0. The van der Waals surface area contributed by atoms with Crippen LogP contribution >= 0.6 is 0 Å². The topological polar surface area (TPSA) is 26.0 Å². The van der Waals surface area contributed by atoms with Crippen molar-refractivity contribution < 1.29 is 0 Å². The van der Waals surface area contributed by atoms with Crippen LogP contribution in [0.2, 0.25) is 0 Å². The van der Waals surface area contributed by atoms with Crippen molar-refractivity contribution in [2.24, 2.45) is 5.92 Å². The molecule has 0 fully saturated rings. The van der Waals surface area contributed by atoms with E-state index in [1.807, 2.05) is 6.07 Å². The Morgan fingerprint density at radius 1 is 0.889 bits per heavy atom. The van der Waals surface area contributed by atoms with Crippen LogP contribution in [-0.2, 0) is 5.41 Å². The number of rotatable bonds is 2. The Labute approximate surface area is 160 Å². The van der Waals surface area contributed by atoms with E-state index in [-0.39, 0.29) is 0 Å². The lowest BCUT2D eigenvalue weighted by molar-refractivity contribution is 0.744. The van der Waals surface area contributed by atoms with Crippen LogP contribution in [0, 0.1) is 17.8 Å². The average molecular weight is 347 g/mol. The molecule has 0 saturated carbocycles. The van der Waals surface area contributed by atoms with Gasteiger partial charge in [0.05, 0.1) is 5.41 Å². The molecular weight excluding hydrogens is 326 g/mol. The van der Waals surface area contributed by atoms with E-state index >= 15 is 0 Å². The molecule has 1 heteroatoms. The molecule has 0 radical (unpaired) electrons. The molecule has 2 aliphatic carbocycles. The van der Waals surface area contributed by atoms with Crippen molar-refractivity contribution >= 4 is 11.3 Å². The van der Waals surface area contributed by atoms with Crippen molar-refractivity contribution in [3.63, 3.8) is 0 Å². The molecule has 2 aliphatic rings. The van der Waals surface area contributed by atoms with Gasteiger partial charge in [0, 0.05) is 17.2 Å². The molecule has 0 saturated heterocycles. The zero-order valence-electron chi connectivity index (χ0n) is 15.4. The van der Waals surface area contributed by atoms with Crippen LogP contribution in [0.1, 0.15) is 35.6 Å². The minimum Gasteiger partial charge on any atom is -0.399 e. The first kappa shape index (κ1) is 16.0. The Morgan fingerprint density at radius 2 is 1.52 bits per heavy atom. The fourth-order valence-electron chi connectivity index (χ4n) is 4.71. The molecule has 0 spiro atoms. The van der Waals surface area contributed by atoms with Crippen molar-refractivity contribution in [3.05, 3.63) is 107 Å². The van der Waals surface area contributed by atoms with E-state index in [0.717, 1.165) is 12.1 Å². The van der Waals surface area contributed by atoms with Gasteiger partial charge < -0.3 is 5.73 Å². The van der Waals surface area contributed by atoms with Gasteiger partial charge in [0.1, 0.15) is 0 Å². The highest BCUT2D eigenvalue weighted by atomic mass is 14.6. The normalized spacial score (nSPS) is 19.1. The molecule has 0 aromatic heterocycles. The molecule has 0 bridgehead atoms. The van der Waals surface area contributed by atoms with Crippen LogP contribution in [0.25, 0.3) is 5.57 Å². The van der Waals surface area contributed by atoms with Gasteiger partial charge in [0.2, 0.25) is 0 Å². The molecule has 3 aromatic rings. The minimum atomic E-state index is -0.393. The lowest BCUT2D eigenvalue weighted by Crippen LogP contribution is -2.30. The zero-order chi connectivity index (χ0) is 18.4. The second-order valence-corrected chi connectivity index (χ2v) is 7.52. The van der Waals surface area contributed by atoms with E-state index in [9.17, 15) is 0 Å². The molecule has 3 aromatic carbocycles. The van der Waals surface area contributed by atoms with Crippen LogP contribution in [0.15, 0.2) is 84.4 Å². The largest absolute Gasteiger partial charge is 0.399 e. The fraction of sp³-hybridized carbons (Fsp3) is 0.154. The third-order valence-corrected chi connectivity index (χ3v) is 5.82. The third-order valence-electron chi connectivity index (χ3n) is 5.82. The van der Waals surface area contributed by atoms with Gasteiger partial charge in [-0.05, 0) is 46.4 Å². The first-order valence-corrected chi connectivity index (χ1v) is 9.48. The van der Waals surface area contributed by atoms with Crippen LogP contribution in [0.5, 0.6) is 0 Å². The third kappa shape index (κ3) is 2.20. The van der Waals surface area contributed by atoms with E-state index in [0.29, 0.717) is 5.92 Å². The second kappa shape index (κ2) is 5.89. The van der Waals surface area contributed by atoms with Crippen LogP contribution in [0.4, 0.5) is 5.69 Å². The van der Waals surface area contributed by atoms with Gasteiger partial charge in [0.25, 0.3) is 0 Å². The zero-order valence-corrected chi connectivity index (χ0v) is 15.4. The fourth-order valence-corrected chi connectivity index (χ4v) is 4.71. The van der Waals surface area contributed by atoms with Crippen LogP contribution < -0.4 is 5.73 Å². The highest BCUT2D eigenvalue weighted by Crippen LogP contribution is 2.56. The number of nitrogen functional groups attached to an aromatic ring is 1. The van der Waals surface area contributed by atoms with Crippen molar-refractivity contribution in [2.45, 2.75) is 18.8 Å². The SMILES string of the molecule is CC1C#CC2=C(C1)c1ccc(N)cc1C2(c1ccccc1)c1ccccc1. The van der Waals surface area contributed by atoms with Gasteiger partial charge in [-0.15, -0.1) is 0 Å². The molecule has 1 unspecified atom stereocenters. The first-order chi connectivity index (χ1) is 13.2. The monoisotopic (exact) mass is 347 g/mol. The summed E-state index contributed by atoms with van der Waals surface area (Å²) >= 11 is 0. The van der Waals surface area contributed by atoms with E-state index in [2.05, 4.69) is 91.6 Å². The summed E-state index contributed by atoms with van der Waals surface area (Å²) < 4.78 is 0. The number of nitrogens with two attached hydrogens (primary N) is 1. The molecule has 130 valence electrons. The van der Waals surface area contributed by atoms with E-state index in [1.165, 1.54) is 33.4 Å². The number of hydrogen-bond donors (Lipinski definition) is 1. The lowest BCUT2D eigenvalue weighted by Gasteiger charge is -2.34. The van der Waals surface area contributed by atoms with Gasteiger partial charge >= 0.3 is 0 Å². The van der Waals surface area contributed by atoms with Crippen molar-refractivity contribution in [1.82, 2.24) is 0 Å². The highest BCUT2D eigenvalue weighted by molar-refractivity contribution is 5.90. The Morgan fingerprint density at radius 3 is 2.15 bits per heavy atom. The van der Waals surface area contributed by atoms with Crippen molar-refractivity contribution in [2.75, 3.05) is 5.73 Å². The quantitative estimate of drug-likeness (QED) is 0.486. The minimum absolute atomic E-state index is 0.372. The number of hydrogen-bond acceptors (Lipinski definition) is 1. The lowest BCUT2D eigenvalue weighted by atomic mass is 9.66. The molecule has 0 aliphatic heterocycles. The predicted molar refractivity (Wildman–Crippen MR) is 112 cm³/mol. The van der Waals surface area contributed by atoms with Crippen LogP contribution in [0.3, 0.4) is 0 Å². The summed E-state index contributed by atoms with van der Waals surface area (Å²) in [6.45, 7) is 2.21. The number of anilines is 1. The summed E-state index contributed by atoms with van der Waals surface area (Å²) in [4.78, 5) is 0. The molecule has 5 rings (SSSR count).